The number of carbonyl (C=O) groups is 1. The van der Waals surface area contributed by atoms with Crippen LogP contribution >= 0.6 is 0 Å². The van der Waals surface area contributed by atoms with Crippen LogP contribution in [0.25, 0.3) is 0 Å². The van der Waals surface area contributed by atoms with E-state index in [0.29, 0.717) is 4.68 Å². The quantitative estimate of drug-likeness (QED) is 0.635. The minimum absolute atomic E-state index is 0.0382. The van der Waals surface area contributed by atoms with Crippen molar-refractivity contribution in [3.8, 4) is 0 Å². The van der Waals surface area contributed by atoms with E-state index in [1.165, 1.54) is 13.8 Å². The van der Waals surface area contributed by atoms with Crippen molar-refractivity contribution in [2.75, 3.05) is 5.75 Å². The molecular formula is C20H26F3N5O4S. The zero-order valence-corrected chi connectivity index (χ0v) is 19.0. The highest BCUT2D eigenvalue weighted by Gasteiger charge is 2.43. The number of alkyl halides is 3. The second-order valence-electron chi connectivity index (χ2n) is 8.36. The molecule has 3 atom stereocenters. The van der Waals surface area contributed by atoms with Crippen LogP contribution in [0.1, 0.15) is 50.5 Å². The molecule has 13 heteroatoms. The number of rotatable bonds is 7. The first-order valence-electron chi connectivity index (χ1n) is 10.5. The van der Waals surface area contributed by atoms with Gasteiger partial charge in [0.25, 0.3) is 5.82 Å². The molecule has 0 unspecified atom stereocenters. The number of sulfone groups is 1. The molecule has 1 N–H and O–H groups in total. The number of nitrogens with zero attached hydrogens (tertiary/aromatic N) is 4. The van der Waals surface area contributed by atoms with Crippen molar-refractivity contribution in [1.82, 2.24) is 25.5 Å². The molecule has 0 bridgehead atoms. The van der Waals surface area contributed by atoms with E-state index in [1.807, 2.05) is 6.07 Å². The number of carbonyl (C=O) groups excluding carboxylic acids is 1. The van der Waals surface area contributed by atoms with Gasteiger partial charge in [-0.3, -0.25) is 0 Å². The van der Waals surface area contributed by atoms with Gasteiger partial charge in [0.05, 0.1) is 17.0 Å². The lowest BCUT2D eigenvalue weighted by atomic mass is 9.82. The molecule has 1 aliphatic carbocycles. The molecule has 0 radical (unpaired) electrons. The number of hydrogen-bond acceptors (Lipinski definition) is 7. The lowest BCUT2D eigenvalue weighted by molar-refractivity contribution is -0.149. The lowest BCUT2D eigenvalue weighted by Gasteiger charge is -2.36. The second-order valence-corrected chi connectivity index (χ2v) is 11.0. The van der Waals surface area contributed by atoms with Gasteiger partial charge in [-0.2, -0.15) is 13.2 Å². The summed E-state index contributed by atoms with van der Waals surface area (Å²) in [6, 6.07) is 7.70. The standard InChI is InChI=1S/C20H26F3N5O4S/c1-13(2)33(30,31)12-15-10-16(28-18(20(21,22)23)25-26-27-28)8-9-17(15)24-19(29)32-11-14-6-4-3-5-7-14/h3-7,13,15-17H,8-12H2,1-2H3,(H,24,29)/t15-,16+,17-/m0/s1. The molecule has 1 aliphatic rings. The van der Waals surface area contributed by atoms with E-state index in [4.69, 9.17) is 4.74 Å². The molecule has 1 amide bonds. The topological polar surface area (TPSA) is 116 Å². The van der Waals surface area contributed by atoms with Crippen LogP contribution in [0.2, 0.25) is 0 Å². The highest BCUT2D eigenvalue weighted by atomic mass is 32.2. The van der Waals surface area contributed by atoms with Crippen LogP contribution in [0.4, 0.5) is 18.0 Å². The Morgan fingerprint density at radius 1 is 1.24 bits per heavy atom. The first-order chi connectivity index (χ1) is 15.5. The van der Waals surface area contributed by atoms with Gasteiger partial charge in [0.2, 0.25) is 0 Å². The van der Waals surface area contributed by atoms with Crippen LogP contribution in [0.15, 0.2) is 30.3 Å². The Bertz CT molecular complexity index is 1040. The molecule has 0 spiro atoms. The Kier molecular flexibility index (Phi) is 7.60. The van der Waals surface area contributed by atoms with E-state index >= 15 is 0 Å². The molecule has 9 nitrogen and oxygen atoms in total. The molecule has 0 aliphatic heterocycles. The van der Waals surface area contributed by atoms with Gasteiger partial charge in [-0.25, -0.2) is 17.9 Å². The van der Waals surface area contributed by atoms with Crippen molar-refractivity contribution < 1.29 is 31.1 Å². The van der Waals surface area contributed by atoms with E-state index < -0.39 is 51.2 Å². The SMILES string of the molecule is CC(C)S(=O)(=O)C[C@@H]1C[C@H](n2nnnc2C(F)(F)F)CC[C@@H]1NC(=O)OCc1ccccc1. The van der Waals surface area contributed by atoms with Gasteiger partial charge in [-0.05, 0) is 55.0 Å². The summed E-state index contributed by atoms with van der Waals surface area (Å²) in [5.74, 6) is -2.15. The van der Waals surface area contributed by atoms with E-state index in [0.717, 1.165) is 5.56 Å². The maximum absolute atomic E-state index is 13.3. The maximum atomic E-state index is 13.3. The average molecular weight is 490 g/mol. The highest BCUT2D eigenvalue weighted by molar-refractivity contribution is 7.91. The number of alkyl carbamates (subject to hydrolysis) is 1. The zero-order valence-electron chi connectivity index (χ0n) is 18.2. The minimum Gasteiger partial charge on any atom is -0.445 e. The van der Waals surface area contributed by atoms with Gasteiger partial charge < -0.3 is 10.1 Å². The van der Waals surface area contributed by atoms with Crippen LogP contribution in [0.5, 0.6) is 0 Å². The maximum Gasteiger partial charge on any atom is 0.453 e. The molecule has 1 heterocycles. The average Bonchev–Trinajstić information content (AvgIpc) is 3.24. The Morgan fingerprint density at radius 3 is 2.58 bits per heavy atom. The van der Waals surface area contributed by atoms with Crippen molar-refractivity contribution in [3.05, 3.63) is 41.7 Å². The van der Waals surface area contributed by atoms with E-state index in [2.05, 4.69) is 20.8 Å². The molecule has 2 aromatic rings. The number of tetrazole rings is 1. The summed E-state index contributed by atoms with van der Waals surface area (Å²) in [4.78, 5) is 12.4. The van der Waals surface area contributed by atoms with E-state index in [9.17, 15) is 26.4 Å². The number of amides is 1. The van der Waals surface area contributed by atoms with E-state index in [-0.39, 0.29) is 31.6 Å². The summed E-state index contributed by atoms with van der Waals surface area (Å²) in [5, 5.41) is 11.8. The largest absolute Gasteiger partial charge is 0.453 e. The molecule has 33 heavy (non-hydrogen) atoms. The monoisotopic (exact) mass is 489 g/mol. The van der Waals surface area contributed by atoms with Crippen molar-refractivity contribution in [1.29, 1.82) is 0 Å². The Labute approximate surface area is 189 Å². The van der Waals surface area contributed by atoms with Crippen molar-refractivity contribution in [2.45, 2.75) is 63.2 Å². The van der Waals surface area contributed by atoms with Crippen LogP contribution in [-0.2, 0) is 27.4 Å². The predicted octanol–water partition coefficient (Wildman–Crippen LogP) is 3.15. The predicted molar refractivity (Wildman–Crippen MR) is 112 cm³/mol. The summed E-state index contributed by atoms with van der Waals surface area (Å²) in [6.07, 6.45) is -4.91. The lowest BCUT2D eigenvalue weighted by Crippen LogP contribution is -2.47. The van der Waals surface area contributed by atoms with Gasteiger partial charge in [0, 0.05) is 6.04 Å². The first kappa shape index (κ1) is 24.9. The third-order valence-electron chi connectivity index (χ3n) is 5.73. The molecule has 1 aromatic heterocycles. The fourth-order valence-electron chi connectivity index (χ4n) is 3.87. The van der Waals surface area contributed by atoms with Gasteiger partial charge >= 0.3 is 12.3 Å². The van der Waals surface area contributed by atoms with Crippen LogP contribution in [0.3, 0.4) is 0 Å². The highest BCUT2D eigenvalue weighted by Crippen LogP contribution is 2.37. The smallest absolute Gasteiger partial charge is 0.445 e. The summed E-state index contributed by atoms with van der Waals surface area (Å²) in [6.45, 7) is 3.11. The second kappa shape index (κ2) is 10.1. The first-order valence-corrected chi connectivity index (χ1v) is 12.2. The number of nitrogens with one attached hydrogen (secondary N) is 1. The third kappa shape index (κ3) is 6.42. The summed E-state index contributed by atoms with van der Waals surface area (Å²) in [5.41, 5.74) is 0.786. The molecule has 3 rings (SSSR count). The fourth-order valence-corrected chi connectivity index (χ4v) is 5.22. The van der Waals surface area contributed by atoms with E-state index in [1.54, 1.807) is 24.3 Å². The fraction of sp³-hybridized carbons (Fsp3) is 0.600. The Balaban J connectivity index is 1.73. The Hall–Kier alpha value is -2.70. The van der Waals surface area contributed by atoms with Gasteiger partial charge in [-0.1, -0.05) is 30.3 Å². The molecule has 1 saturated carbocycles. The van der Waals surface area contributed by atoms with Crippen LogP contribution in [-0.4, -0.2) is 51.8 Å². The molecule has 1 fully saturated rings. The van der Waals surface area contributed by atoms with Crippen LogP contribution in [0, 0.1) is 5.92 Å². The number of hydrogen-bond donors (Lipinski definition) is 1. The molecule has 1 aromatic carbocycles. The zero-order chi connectivity index (χ0) is 24.2. The van der Waals surface area contributed by atoms with Gasteiger partial charge in [-0.15, -0.1) is 5.10 Å². The molecule has 182 valence electrons. The number of benzene rings is 1. The summed E-state index contributed by atoms with van der Waals surface area (Å²) in [7, 11) is -3.53. The molecule has 0 saturated heterocycles. The van der Waals surface area contributed by atoms with Crippen LogP contribution < -0.4 is 5.32 Å². The minimum atomic E-state index is -4.74. The normalized spacial score (nSPS) is 21.7. The number of ether oxygens (including phenoxy) is 1. The summed E-state index contributed by atoms with van der Waals surface area (Å²) < 4.78 is 70.9. The van der Waals surface area contributed by atoms with Crippen molar-refractivity contribution >= 4 is 15.9 Å². The summed E-state index contributed by atoms with van der Waals surface area (Å²) >= 11 is 0. The molecular weight excluding hydrogens is 463 g/mol. The van der Waals surface area contributed by atoms with Gasteiger partial charge in [0.15, 0.2) is 9.84 Å². The number of halogens is 3. The van der Waals surface area contributed by atoms with Gasteiger partial charge in [0.1, 0.15) is 6.61 Å². The number of aromatic nitrogens is 4. The Morgan fingerprint density at radius 2 is 1.94 bits per heavy atom. The third-order valence-corrected chi connectivity index (χ3v) is 8.06. The van der Waals surface area contributed by atoms with Crippen molar-refractivity contribution in [2.24, 2.45) is 5.92 Å². The van der Waals surface area contributed by atoms with Crippen molar-refractivity contribution in [3.63, 3.8) is 0 Å².